The highest BCUT2D eigenvalue weighted by atomic mass is 16.6. The predicted molar refractivity (Wildman–Crippen MR) is 86.3 cm³/mol. The summed E-state index contributed by atoms with van der Waals surface area (Å²) >= 11 is 0. The van der Waals surface area contributed by atoms with Gasteiger partial charge in [-0.25, -0.2) is 0 Å². The van der Waals surface area contributed by atoms with Gasteiger partial charge >= 0.3 is 0 Å². The molecule has 0 saturated carbocycles. The number of carbonyl (C=O) groups is 2. The van der Waals surface area contributed by atoms with Crippen molar-refractivity contribution in [2.75, 3.05) is 45.9 Å². The molecule has 0 spiro atoms. The van der Waals surface area contributed by atoms with Crippen LogP contribution in [-0.4, -0.2) is 83.2 Å². The van der Waals surface area contributed by atoms with Crippen LogP contribution in [0.2, 0.25) is 0 Å². The molecule has 0 aromatic heterocycles. The van der Waals surface area contributed by atoms with Gasteiger partial charge in [-0.3, -0.25) is 15.3 Å². The smallest absolute Gasteiger partial charge is 0.227 e. The summed E-state index contributed by atoms with van der Waals surface area (Å²) in [6.07, 6.45) is 1.52. The number of ether oxygens (including phenoxy) is 1. The molecule has 8 nitrogen and oxygen atoms in total. The Labute approximate surface area is 141 Å². The highest BCUT2D eigenvalue weighted by Crippen LogP contribution is 2.33. The zero-order valence-corrected chi connectivity index (χ0v) is 14.1. The molecule has 0 aromatic carbocycles. The molecule has 132 valence electrons. The molecule has 3 N–H and O–H groups in total. The van der Waals surface area contributed by atoms with Crippen LogP contribution < -0.4 is 5.73 Å². The number of nitrogens with zero attached hydrogens (tertiary/aromatic N) is 3. The zero-order chi connectivity index (χ0) is 17.5. The van der Waals surface area contributed by atoms with Gasteiger partial charge in [0.2, 0.25) is 17.5 Å². The fourth-order valence-electron chi connectivity index (χ4n) is 2.57. The molecular formula is C16H24N4O4. The Hall–Kier alpha value is -1.90. The summed E-state index contributed by atoms with van der Waals surface area (Å²) in [5.74, 6) is -1.40. The lowest BCUT2D eigenvalue weighted by Gasteiger charge is -2.21. The van der Waals surface area contributed by atoms with Crippen LogP contribution in [0.1, 0.15) is 13.8 Å². The van der Waals surface area contributed by atoms with Gasteiger partial charge in [-0.05, 0) is 6.92 Å². The fraction of sp³-hybridized carbons (Fsp3) is 0.625. The summed E-state index contributed by atoms with van der Waals surface area (Å²) in [5, 5.41) is 8.57. The Balaban J connectivity index is 0.000000209. The number of allylic oxidation sites excluding steroid dienone is 1. The molecule has 1 atom stereocenters. The first-order valence-corrected chi connectivity index (χ1v) is 8.27. The first kappa shape index (κ1) is 16.9. The standard InChI is InChI=1S/C12H13N3O2.C4H11NO2/c16-9-7-8(13-1-2-13)12(17)11(15-5-6-15)10(9)14-3-4-14;1-3-7-4(2,5)6/h7H,1-6H2;6H,3,5H2,1-2H3. The lowest BCUT2D eigenvalue weighted by molar-refractivity contribution is -0.181. The van der Waals surface area contributed by atoms with Crippen LogP contribution in [0.3, 0.4) is 0 Å². The largest absolute Gasteiger partial charge is 0.365 e. The van der Waals surface area contributed by atoms with Crippen molar-refractivity contribution in [3.05, 3.63) is 23.2 Å². The number of ketones is 2. The topological polar surface area (TPSA) is 98.7 Å². The van der Waals surface area contributed by atoms with Crippen LogP contribution >= 0.6 is 0 Å². The Morgan fingerprint density at radius 2 is 1.58 bits per heavy atom. The summed E-state index contributed by atoms with van der Waals surface area (Å²) in [4.78, 5) is 30.5. The lowest BCUT2D eigenvalue weighted by Crippen LogP contribution is -2.38. The zero-order valence-electron chi connectivity index (χ0n) is 14.1. The molecule has 4 aliphatic rings. The van der Waals surface area contributed by atoms with Gasteiger partial charge in [-0.1, -0.05) is 0 Å². The van der Waals surface area contributed by atoms with Gasteiger partial charge in [0.05, 0.1) is 5.70 Å². The third-order valence-corrected chi connectivity index (χ3v) is 3.92. The number of carbonyl (C=O) groups excluding carboxylic acids is 2. The minimum Gasteiger partial charge on any atom is -0.365 e. The Kier molecular flexibility index (Phi) is 4.37. The molecule has 0 amide bonds. The minimum atomic E-state index is -1.45. The first-order chi connectivity index (χ1) is 11.3. The third kappa shape index (κ3) is 3.95. The molecule has 1 unspecified atom stereocenters. The predicted octanol–water partition coefficient (Wildman–Crippen LogP) is -1.17. The second kappa shape index (κ2) is 6.19. The SMILES string of the molecule is CCOC(C)(N)O.O=C1C=C(N2CC2)C(=O)C(N2CC2)=C1N1CC1. The third-order valence-electron chi connectivity index (χ3n) is 3.92. The van der Waals surface area contributed by atoms with Crippen molar-refractivity contribution in [2.24, 2.45) is 5.73 Å². The van der Waals surface area contributed by atoms with Gasteiger partial charge in [-0.15, -0.1) is 0 Å². The van der Waals surface area contributed by atoms with Crippen molar-refractivity contribution in [3.8, 4) is 0 Å². The van der Waals surface area contributed by atoms with Gasteiger partial charge in [0, 0.05) is 58.9 Å². The summed E-state index contributed by atoms with van der Waals surface area (Å²) in [6, 6.07) is 0. The molecule has 3 saturated heterocycles. The van der Waals surface area contributed by atoms with E-state index in [0.717, 1.165) is 39.3 Å². The molecule has 3 heterocycles. The summed E-state index contributed by atoms with van der Waals surface area (Å²) in [5.41, 5.74) is 6.87. The Bertz CT molecular complexity index is 608. The molecule has 0 bridgehead atoms. The summed E-state index contributed by atoms with van der Waals surface area (Å²) < 4.78 is 4.56. The maximum Gasteiger partial charge on any atom is 0.227 e. The minimum absolute atomic E-state index is 0.00546. The molecule has 24 heavy (non-hydrogen) atoms. The van der Waals surface area contributed by atoms with Gasteiger partial charge in [0.25, 0.3) is 0 Å². The number of rotatable bonds is 5. The van der Waals surface area contributed by atoms with E-state index in [9.17, 15) is 9.59 Å². The molecule has 1 aliphatic carbocycles. The van der Waals surface area contributed by atoms with Crippen molar-refractivity contribution in [2.45, 2.75) is 19.8 Å². The van der Waals surface area contributed by atoms with E-state index in [1.54, 1.807) is 6.92 Å². The molecular weight excluding hydrogens is 312 g/mol. The van der Waals surface area contributed by atoms with Crippen molar-refractivity contribution in [1.82, 2.24) is 14.7 Å². The molecule has 8 heteroatoms. The van der Waals surface area contributed by atoms with E-state index in [-0.39, 0.29) is 11.6 Å². The number of nitrogens with two attached hydrogens (primary N) is 1. The second-order valence-corrected chi connectivity index (χ2v) is 6.37. The average Bonchev–Trinajstić information content (AvgIpc) is 3.36. The molecule has 0 radical (unpaired) electrons. The van der Waals surface area contributed by atoms with E-state index < -0.39 is 5.91 Å². The highest BCUT2D eigenvalue weighted by Gasteiger charge is 2.43. The van der Waals surface area contributed by atoms with Crippen molar-refractivity contribution in [3.63, 3.8) is 0 Å². The van der Waals surface area contributed by atoms with Crippen LogP contribution in [0, 0.1) is 0 Å². The van der Waals surface area contributed by atoms with Crippen molar-refractivity contribution >= 4 is 11.6 Å². The van der Waals surface area contributed by atoms with Crippen LogP contribution in [0.25, 0.3) is 0 Å². The lowest BCUT2D eigenvalue weighted by atomic mass is 10.0. The summed E-state index contributed by atoms with van der Waals surface area (Å²) in [7, 11) is 0. The number of hydrogen-bond acceptors (Lipinski definition) is 8. The number of Topliss-reactive ketones (excluding diaryl/α,β-unsaturated/α-hetero) is 1. The van der Waals surface area contributed by atoms with Crippen LogP contribution in [0.5, 0.6) is 0 Å². The molecule has 0 aromatic rings. The molecule has 3 aliphatic heterocycles. The van der Waals surface area contributed by atoms with E-state index in [1.165, 1.54) is 13.0 Å². The van der Waals surface area contributed by atoms with E-state index in [4.69, 9.17) is 10.8 Å². The van der Waals surface area contributed by atoms with Gasteiger partial charge in [0.15, 0.2) is 0 Å². The fourth-order valence-corrected chi connectivity index (χ4v) is 2.57. The summed E-state index contributed by atoms with van der Waals surface area (Å²) in [6.45, 7) is 8.99. The van der Waals surface area contributed by atoms with Crippen LogP contribution in [-0.2, 0) is 14.3 Å². The number of aliphatic hydroxyl groups is 1. The Morgan fingerprint density at radius 1 is 1.08 bits per heavy atom. The monoisotopic (exact) mass is 336 g/mol. The van der Waals surface area contributed by atoms with Crippen molar-refractivity contribution < 1.29 is 19.4 Å². The van der Waals surface area contributed by atoms with Crippen LogP contribution in [0.4, 0.5) is 0 Å². The second-order valence-electron chi connectivity index (χ2n) is 6.37. The maximum absolute atomic E-state index is 12.4. The maximum atomic E-state index is 12.4. The first-order valence-electron chi connectivity index (χ1n) is 8.27. The van der Waals surface area contributed by atoms with Crippen LogP contribution in [0.15, 0.2) is 23.2 Å². The normalized spacial score (nSPS) is 24.3. The molecule has 4 rings (SSSR count). The van der Waals surface area contributed by atoms with Gasteiger partial charge in [-0.2, -0.15) is 0 Å². The Morgan fingerprint density at radius 3 is 1.96 bits per heavy atom. The van der Waals surface area contributed by atoms with E-state index in [2.05, 4.69) is 4.74 Å². The number of hydrogen-bond donors (Lipinski definition) is 2. The van der Waals surface area contributed by atoms with E-state index in [0.29, 0.717) is 23.7 Å². The van der Waals surface area contributed by atoms with Gasteiger partial charge < -0.3 is 24.5 Å². The highest BCUT2D eigenvalue weighted by molar-refractivity contribution is 6.22. The quantitative estimate of drug-likeness (QED) is 0.368. The van der Waals surface area contributed by atoms with E-state index in [1.807, 2.05) is 14.7 Å². The molecule has 3 fully saturated rings. The van der Waals surface area contributed by atoms with Gasteiger partial charge in [0.1, 0.15) is 11.4 Å². The van der Waals surface area contributed by atoms with Crippen molar-refractivity contribution in [1.29, 1.82) is 0 Å². The average molecular weight is 336 g/mol. The van der Waals surface area contributed by atoms with E-state index >= 15 is 0 Å².